The van der Waals surface area contributed by atoms with Crippen LogP contribution in [-0.2, 0) is 6.42 Å². The Balaban J connectivity index is 1.70. The molecule has 2 nitrogen and oxygen atoms in total. The van der Waals surface area contributed by atoms with Gasteiger partial charge in [-0.3, -0.25) is 0 Å². The molecule has 2 heterocycles. The second-order valence-corrected chi connectivity index (χ2v) is 5.66. The second kappa shape index (κ2) is 4.57. The molecule has 0 saturated carbocycles. The average Bonchev–Trinajstić information content (AvgIpc) is 2.89. The van der Waals surface area contributed by atoms with Crippen molar-refractivity contribution in [3.05, 3.63) is 64.9 Å². The van der Waals surface area contributed by atoms with Crippen molar-refractivity contribution in [2.45, 2.75) is 18.9 Å². The van der Waals surface area contributed by atoms with Crippen LogP contribution < -0.4 is 5.32 Å². The van der Waals surface area contributed by atoms with Crippen LogP contribution in [0.2, 0.25) is 5.02 Å². The Morgan fingerprint density at radius 1 is 1.10 bits per heavy atom. The first-order valence-electron chi connectivity index (χ1n) is 6.83. The fraction of sp³-hybridized carbons (Fsp3) is 0.176. The Labute approximate surface area is 122 Å². The van der Waals surface area contributed by atoms with E-state index in [2.05, 4.69) is 35.6 Å². The van der Waals surface area contributed by atoms with E-state index in [0.29, 0.717) is 0 Å². The summed E-state index contributed by atoms with van der Waals surface area (Å²) >= 11 is 6.02. The zero-order chi connectivity index (χ0) is 13.5. The molecule has 3 heteroatoms. The van der Waals surface area contributed by atoms with Gasteiger partial charge in [-0.15, -0.1) is 0 Å². The molecule has 0 amide bonds. The molecule has 0 saturated heterocycles. The summed E-state index contributed by atoms with van der Waals surface area (Å²) in [6, 6.07) is 16.5. The molecule has 1 N–H and O–H groups in total. The van der Waals surface area contributed by atoms with Gasteiger partial charge in [0.05, 0.1) is 6.04 Å². The Kier molecular flexibility index (Phi) is 2.71. The number of fused-ring (bicyclic) bond motifs is 2. The Morgan fingerprint density at radius 2 is 2.00 bits per heavy atom. The highest BCUT2D eigenvalue weighted by Crippen LogP contribution is 2.35. The summed E-state index contributed by atoms with van der Waals surface area (Å²) in [6.45, 7) is 0. The lowest BCUT2D eigenvalue weighted by atomic mass is 9.97. The maximum Gasteiger partial charge on any atom is 0.134 e. The maximum atomic E-state index is 6.02. The molecule has 2 aromatic carbocycles. The Morgan fingerprint density at radius 3 is 2.95 bits per heavy atom. The van der Waals surface area contributed by atoms with Crippen molar-refractivity contribution in [3.63, 3.8) is 0 Å². The van der Waals surface area contributed by atoms with Crippen molar-refractivity contribution in [2.75, 3.05) is 5.32 Å². The first-order chi connectivity index (χ1) is 9.79. The molecule has 0 bridgehead atoms. The number of aryl methyl sites for hydroxylation is 1. The lowest BCUT2D eigenvalue weighted by molar-refractivity contribution is 0.489. The van der Waals surface area contributed by atoms with Crippen molar-refractivity contribution in [2.24, 2.45) is 0 Å². The molecule has 3 aromatic rings. The van der Waals surface area contributed by atoms with Gasteiger partial charge in [0.25, 0.3) is 0 Å². The standard InChI is InChI=1S/C17H14ClNO/c18-13-6-8-16-12(9-13)10-17(20-16)15-7-5-11-3-1-2-4-14(11)19-15/h1-4,6,8-10,15,19H,5,7H2. The van der Waals surface area contributed by atoms with Crippen LogP contribution in [0.25, 0.3) is 11.0 Å². The fourth-order valence-electron chi connectivity index (χ4n) is 2.86. The van der Waals surface area contributed by atoms with Crippen molar-refractivity contribution < 1.29 is 4.42 Å². The third-order valence-corrected chi connectivity index (χ3v) is 4.13. The number of rotatable bonds is 1. The van der Waals surface area contributed by atoms with E-state index >= 15 is 0 Å². The number of furan rings is 1. The predicted molar refractivity (Wildman–Crippen MR) is 82.4 cm³/mol. The lowest BCUT2D eigenvalue weighted by Crippen LogP contribution is -2.17. The highest BCUT2D eigenvalue weighted by molar-refractivity contribution is 6.31. The van der Waals surface area contributed by atoms with E-state index in [0.717, 1.165) is 34.6 Å². The van der Waals surface area contributed by atoms with Crippen LogP contribution in [0.5, 0.6) is 0 Å². The van der Waals surface area contributed by atoms with Gasteiger partial charge in [0.15, 0.2) is 0 Å². The van der Waals surface area contributed by atoms with E-state index < -0.39 is 0 Å². The van der Waals surface area contributed by atoms with Crippen LogP contribution in [0, 0.1) is 0 Å². The van der Waals surface area contributed by atoms with Gasteiger partial charge >= 0.3 is 0 Å². The number of halogens is 1. The fourth-order valence-corrected chi connectivity index (χ4v) is 3.04. The van der Waals surface area contributed by atoms with Crippen LogP contribution in [0.15, 0.2) is 52.9 Å². The van der Waals surface area contributed by atoms with Crippen LogP contribution in [0.3, 0.4) is 0 Å². The molecule has 0 aliphatic carbocycles. The topological polar surface area (TPSA) is 25.2 Å². The van der Waals surface area contributed by atoms with Crippen molar-refractivity contribution in [3.8, 4) is 0 Å². The summed E-state index contributed by atoms with van der Waals surface area (Å²) < 4.78 is 5.96. The van der Waals surface area contributed by atoms with E-state index in [1.807, 2.05) is 18.2 Å². The zero-order valence-corrected chi connectivity index (χ0v) is 11.7. The van der Waals surface area contributed by atoms with Gasteiger partial charge in [-0.1, -0.05) is 29.8 Å². The van der Waals surface area contributed by atoms with Gasteiger partial charge in [0, 0.05) is 16.1 Å². The highest BCUT2D eigenvalue weighted by atomic mass is 35.5. The Hall–Kier alpha value is -1.93. The molecule has 1 unspecified atom stereocenters. The molecule has 1 aliphatic heterocycles. The largest absolute Gasteiger partial charge is 0.459 e. The highest BCUT2D eigenvalue weighted by Gasteiger charge is 2.21. The molecule has 0 spiro atoms. The minimum absolute atomic E-state index is 0.232. The van der Waals surface area contributed by atoms with Crippen LogP contribution >= 0.6 is 11.6 Å². The van der Waals surface area contributed by atoms with E-state index in [1.165, 1.54) is 11.3 Å². The Bertz CT molecular complexity index is 778. The van der Waals surface area contributed by atoms with Crippen molar-refractivity contribution in [1.29, 1.82) is 0 Å². The minimum atomic E-state index is 0.232. The number of hydrogen-bond donors (Lipinski definition) is 1. The molecule has 20 heavy (non-hydrogen) atoms. The summed E-state index contributed by atoms with van der Waals surface area (Å²) in [7, 11) is 0. The summed E-state index contributed by atoms with van der Waals surface area (Å²) in [6.07, 6.45) is 2.12. The van der Waals surface area contributed by atoms with Gasteiger partial charge in [0.2, 0.25) is 0 Å². The first kappa shape index (κ1) is 11.9. The number of anilines is 1. The third kappa shape index (κ3) is 1.97. The van der Waals surface area contributed by atoms with Gasteiger partial charge in [-0.25, -0.2) is 0 Å². The van der Waals surface area contributed by atoms with E-state index in [1.54, 1.807) is 0 Å². The van der Waals surface area contributed by atoms with Crippen molar-refractivity contribution in [1.82, 2.24) is 0 Å². The van der Waals surface area contributed by atoms with Gasteiger partial charge in [0.1, 0.15) is 11.3 Å². The molecule has 1 aromatic heterocycles. The third-order valence-electron chi connectivity index (χ3n) is 3.89. The molecule has 0 radical (unpaired) electrons. The SMILES string of the molecule is Clc1ccc2oc(C3CCc4ccccc4N3)cc2c1. The predicted octanol–water partition coefficient (Wildman–Crippen LogP) is 5.19. The van der Waals surface area contributed by atoms with Crippen LogP contribution in [0.1, 0.15) is 23.8 Å². The molecular formula is C17H14ClNO. The second-order valence-electron chi connectivity index (χ2n) is 5.22. The number of benzene rings is 2. The summed E-state index contributed by atoms with van der Waals surface area (Å²) in [5.74, 6) is 0.983. The van der Waals surface area contributed by atoms with E-state index in [9.17, 15) is 0 Å². The van der Waals surface area contributed by atoms with Crippen molar-refractivity contribution >= 4 is 28.3 Å². The number of nitrogens with one attached hydrogen (secondary N) is 1. The molecule has 0 fully saturated rings. The summed E-state index contributed by atoms with van der Waals surface area (Å²) in [5.41, 5.74) is 3.48. The van der Waals surface area contributed by atoms with Gasteiger partial charge < -0.3 is 9.73 Å². The van der Waals surface area contributed by atoms with Gasteiger partial charge in [-0.2, -0.15) is 0 Å². The summed E-state index contributed by atoms with van der Waals surface area (Å²) in [5, 5.41) is 5.37. The number of para-hydroxylation sites is 1. The zero-order valence-electron chi connectivity index (χ0n) is 10.9. The normalized spacial score (nSPS) is 17.8. The summed E-state index contributed by atoms with van der Waals surface area (Å²) in [4.78, 5) is 0. The molecular weight excluding hydrogens is 270 g/mol. The maximum absolute atomic E-state index is 6.02. The molecule has 100 valence electrons. The van der Waals surface area contributed by atoms with Crippen LogP contribution in [0.4, 0.5) is 5.69 Å². The number of hydrogen-bond acceptors (Lipinski definition) is 2. The van der Waals surface area contributed by atoms with Crippen LogP contribution in [-0.4, -0.2) is 0 Å². The quantitative estimate of drug-likeness (QED) is 0.665. The molecule has 4 rings (SSSR count). The smallest absolute Gasteiger partial charge is 0.134 e. The molecule has 1 atom stereocenters. The lowest BCUT2D eigenvalue weighted by Gasteiger charge is -2.25. The monoisotopic (exact) mass is 283 g/mol. The minimum Gasteiger partial charge on any atom is -0.459 e. The van der Waals surface area contributed by atoms with E-state index in [-0.39, 0.29) is 6.04 Å². The molecule has 1 aliphatic rings. The average molecular weight is 284 g/mol. The van der Waals surface area contributed by atoms with E-state index in [4.69, 9.17) is 16.0 Å². The first-order valence-corrected chi connectivity index (χ1v) is 7.21. The van der Waals surface area contributed by atoms with Gasteiger partial charge in [-0.05, 0) is 48.7 Å².